The summed E-state index contributed by atoms with van der Waals surface area (Å²) in [4.78, 5) is 0. The monoisotopic (exact) mass is 342 g/mol. The van der Waals surface area contributed by atoms with Gasteiger partial charge in [0.05, 0.1) is 11.6 Å². The minimum Gasteiger partial charge on any atom is -0.385 e. The summed E-state index contributed by atoms with van der Waals surface area (Å²) in [6.45, 7) is 3.32. The highest BCUT2D eigenvalue weighted by Gasteiger charge is 1.95. The number of anilines is 1. The minimum absolute atomic E-state index is 0.724. The van der Waals surface area contributed by atoms with Gasteiger partial charge in [0.1, 0.15) is 0 Å². The van der Waals surface area contributed by atoms with E-state index >= 15 is 0 Å². The van der Waals surface area contributed by atoms with E-state index in [0.29, 0.717) is 0 Å². The summed E-state index contributed by atoms with van der Waals surface area (Å²) in [7, 11) is 0. The molecule has 0 radical (unpaired) electrons. The van der Waals surface area contributed by atoms with Crippen LogP contribution in [-0.4, -0.2) is 6.54 Å². The maximum atomic E-state index is 8.77. The molecule has 1 N–H and O–H groups in total. The Balaban J connectivity index is 1.79. The molecule has 0 saturated heterocycles. The molecule has 0 saturated carbocycles. The van der Waals surface area contributed by atoms with E-state index in [0.717, 1.165) is 17.8 Å². The fourth-order valence-electron chi connectivity index (χ4n) is 3.21. The normalized spacial score (nSPS) is 10.6. The van der Waals surface area contributed by atoms with Crippen molar-refractivity contribution < 1.29 is 0 Å². The van der Waals surface area contributed by atoms with Gasteiger partial charge in [0.25, 0.3) is 0 Å². The Morgan fingerprint density at radius 3 is 1.56 bits per heavy atom. The zero-order valence-electron chi connectivity index (χ0n) is 16.4. The summed E-state index contributed by atoms with van der Waals surface area (Å²) in [5.41, 5.74) is 1.84. The van der Waals surface area contributed by atoms with Crippen molar-refractivity contribution in [3.8, 4) is 6.07 Å². The van der Waals surface area contributed by atoms with Gasteiger partial charge in [-0.05, 0) is 30.7 Å². The highest BCUT2D eigenvalue weighted by molar-refractivity contribution is 5.46. The van der Waals surface area contributed by atoms with Gasteiger partial charge in [-0.3, -0.25) is 0 Å². The van der Waals surface area contributed by atoms with E-state index < -0.39 is 0 Å². The first-order valence-electron chi connectivity index (χ1n) is 10.6. The van der Waals surface area contributed by atoms with Gasteiger partial charge in [0.2, 0.25) is 0 Å². The topological polar surface area (TPSA) is 35.8 Å². The van der Waals surface area contributed by atoms with Crippen LogP contribution in [0.25, 0.3) is 0 Å². The van der Waals surface area contributed by atoms with Crippen LogP contribution in [0.2, 0.25) is 0 Å². The molecule has 0 aliphatic rings. The number of rotatable bonds is 16. The largest absolute Gasteiger partial charge is 0.385 e. The molecule has 0 amide bonds. The Bertz CT molecular complexity index is 444. The van der Waals surface area contributed by atoms with Crippen molar-refractivity contribution in [2.45, 2.75) is 96.8 Å². The number of unbranched alkanes of at least 4 members (excludes halogenated alkanes) is 13. The molecule has 25 heavy (non-hydrogen) atoms. The van der Waals surface area contributed by atoms with Gasteiger partial charge < -0.3 is 5.32 Å². The van der Waals surface area contributed by atoms with Gasteiger partial charge in [-0.15, -0.1) is 0 Å². The van der Waals surface area contributed by atoms with E-state index in [4.69, 9.17) is 5.26 Å². The smallest absolute Gasteiger partial charge is 0.0991 e. The van der Waals surface area contributed by atoms with Crippen LogP contribution in [0, 0.1) is 11.3 Å². The summed E-state index contributed by atoms with van der Waals surface area (Å²) in [5, 5.41) is 12.2. The zero-order chi connectivity index (χ0) is 18.0. The standard InChI is InChI=1S/C23H38N2/c1-2-3-4-5-6-7-8-9-10-11-12-13-14-15-20-25-23-18-16-22(21-24)17-19-23/h16-19,25H,2-15,20H2,1H3. The molecule has 140 valence electrons. The Kier molecular flexibility index (Phi) is 13.8. The fraction of sp³-hybridized carbons (Fsp3) is 0.696. The second-order valence-electron chi connectivity index (χ2n) is 7.21. The molecule has 2 heteroatoms. The summed E-state index contributed by atoms with van der Waals surface area (Å²) in [6.07, 6.45) is 19.6. The van der Waals surface area contributed by atoms with Crippen LogP contribution in [0.1, 0.15) is 102 Å². The average Bonchev–Trinajstić information content (AvgIpc) is 2.65. The molecule has 1 rings (SSSR count). The molecule has 1 aromatic carbocycles. The first-order valence-corrected chi connectivity index (χ1v) is 10.6. The van der Waals surface area contributed by atoms with Crippen molar-refractivity contribution in [2.24, 2.45) is 0 Å². The molecule has 0 aliphatic carbocycles. The minimum atomic E-state index is 0.724. The number of nitrogens with one attached hydrogen (secondary N) is 1. The van der Waals surface area contributed by atoms with E-state index in [-0.39, 0.29) is 0 Å². The van der Waals surface area contributed by atoms with E-state index in [1.807, 2.05) is 24.3 Å². The zero-order valence-corrected chi connectivity index (χ0v) is 16.4. The number of benzene rings is 1. The van der Waals surface area contributed by atoms with Crippen molar-refractivity contribution >= 4 is 5.69 Å². The first kappa shape index (κ1) is 21.6. The van der Waals surface area contributed by atoms with E-state index in [2.05, 4.69) is 18.3 Å². The molecule has 0 fully saturated rings. The molecule has 2 nitrogen and oxygen atoms in total. The molecule has 0 aliphatic heterocycles. The summed E-state index contributed by atoms with van der Waals surface area (Å²) < 4.78 is 0. The van der Waals surface area contributed by atoms with Crippen LogP contribution in [0.4, 0.5) is 5.69 Å². The quantitative estimate of drug-likeness (QED) is 0.317. The summed E-state index contributed by atoms with van der Waals surface area (Å²) >= 11 is 0. The molecule has 0 spiro atoms. The van der Waals surface area contributed by atoms with Crippen molar-refractivity contribution in [2.75, 3.05) is 11.9 Å². The van der Waals surface area contributed by atoms with E-state index in [9.17, 15) is 0 Å². The third-order valence-corrected chi connectivity index (χ3v) is 4.87. The maximum Gasteiger partial charge on any atom is 0.0991 e. The number of nitrogens with zero attached hydrogens (tertiary/aromatic N) is 1. The van der Waals surface area contributed by atoms with Crippen LogP contribution in [0.3, 0.4) is 0 Å². The lowest BCUT2D eigenvalue weighted by Crippen LogP contribution is -2.01. The van der Waals surface area contributed by atoms with Crippen molar-refractivity contribution in [1.29, 1.82) is 5.26 Å². The second-order valence-corrected chi connectivity index (χ2v) is 7.21. The van der Waals surface area contributed by atoms with Gasteiger partial charge in [-0.1, -0.05) is 90.4 Å². The molecular formula is C23H38N2. The fourth-order valence-corrected chi connectivity index (χ4v) is 3.21. The Morgan fingerprint density at radius 2 is 1.12 bits per heavy atom. The van der Waals surface area contributed by atoms with Gasteiger partial charge in [0.15, 0.2) is 0 Å². The van der Waals surface area contributed by atoms with Crippen molar-refractivity contribution in [3.63, 3.8) is 0 Å². The van der Waals surface area contributed by atoms with Gasteiger partial charge in [-0.2, -0.15) is 5.26 Å². The van der Waals surface area contributed by atoms with Gasteiger partial charge >= 0.3 is 0 Å². The van der Waals surface area contributed by atoms with Gasteiger partial charge in [-0.25, -0.2) is 0 Å². The van der Waals surface area contributed by atoms with Crippen LogP contribution < -0.4 is 5.32 Å². The molecule has 0 heterocycles. The predicted octanol–water partition coefficient (Wildman–Crippen LogP) is 7.45. The predicted molar refractivity (Wildman–Crippen MR) is 110 cm³/mol. The Morgan fingerprint density at radius 1 is 0.680 bits per heavy atom. The number of nitriles is 1. The molecular weight excluding hydrogens is 304 g/mol. The van der Waals surface area contributed by atoms with Crippen molar-refractivity contribution in [3.05, 3.63) is 29.8 Å². The summed E-state index contributed by atoms with van der Waals surface area (Å²) in [5.74, 6) is 0. The van der Waals surface area contributed by atoms with Crippen LogP contribution in [0.5, 0.6) is 0 Å². The molecule has 0 atom stereocenters. The first-order chi connectivity index (χ1) is 12.4. The number of hydrogen-bond acceptors (Lipinski definition) is 2. The second kappa shape index (κ2) is 16.0. The molecule has 0 bridgehead atoms. The van der Waals surface area contributed by atoms with Crippen molar-refractivity contribution in [1.82, 2.24) is 0 Å². The van der Waals surface area contributed by atoms with Gasteiger partial charge in [0, 0.05) is 12.2 Å². The lowest BCUT2D eigenvalue weighted by molar-refractivity contribution is 0.537. The maximum absolute atomic E-state index is 8.77. The van der Waals surface area contributed by atoms with E-state index in [1.165, 1.54) is 89.9 Å². The molecule has 1 aromatic rings. The van der Waals surface area contributed by atoms with Crippen LogP contribution in [-0.2, 0) is 0 Å². The summed E-state index contributed by atoms with van der Waals surface area (Å²) in [6, 6.07) is 9.86. The third kappa shape index (κ3) is 12.5. The lowest BCUT2D eigenvalue weighted by atomic mass is 10.0. The van der Waals surface area contributed by atoms with E-state index in [1.54, 1.807) is 0 Å². The molecule has 0 unspecified atom stereocenters. The average molecular weight is 343 g/mol. The van der Waals surface area contributed by atoms with Crippen LogP contribution >= 0.6 is 0 Å². The van der Waals surface area contributed by atoms with Crippen LogP contribution in [0.15, 0.2) is 24.3 Å². The third-order valence-electron chi connectivity index (χ3n) is 4.87. The molecule has 0 aromatic heterocycles. The lowest BCUT2D eigenvalue weighted by Gasteiger charge is -2.06. The highest BCUT2D eigenvalue weighted by atomic mass is 14.9. The number of hydrogen-bond donors (Lipinski definition) is 1. The Hall–Kier alpha value is -1.49. The SMILES string of the molecule is CCCCCCCCCCCCCCCCNc1ccc(C#N)cc1. The highest BCUT2D eigenvalue weighted by Crippen LogP contribution is 2.13. The Labute approximate surface area is 156 Å².